The number of nitrogens with one attached hydrogen (secondary N) is 1. The molecule has 0 heterocycles. The first-order chi connectivity index (χ1) is 8.19. The minimum absolute atomic E-state index is 0.155. The molecule has 0 saturated carbocycles. The van der Waals surface area contributed by atoms with E-state index in [0.29, 0.717) is 17.7 Å². The van der Waals surface area contributed by atoms with Crippen molar-refractivity contribution in [2.45, 2.75) is 6.92 Å². The Morgan fingerprint density at radius 2 is 2.12 bits per heavy atom. The number of carbonyl (C=O) groups is 2. The standard InChI is InChI=1S/C13H13NO3/c1-3-8-14-12(15)10-6-5-7-11(9-10)13(16)17-4-2/h1,5-7,9H,4,8H2,2H3,(H,14,15). The van der Waals surface area contributed by atoms with Crippen LogP contribution in [0.5, 0.6) is 0 Å². The molecule has 0 saturated heterocycles. The SMILES string of the molecule is C#CCNC(=O)c1cccc(C(=O)OCC)c1. The highest BCUT2D eigenvalue weighted by atomic mass is 16.5. The number of amides is 1. The van der Waals surface area contributed by atoms with Crippen molar-refractivity contribution in [2.24, 2.45) is 0 Å². The highest BCUT2D eigenvalue weighted by molar-refractivity contribution is 5.97. The second-order valence-corrected chi connectivity index (χ2v) is 3.19. The molecule has 1 rings (SSSR count). The van der Waals surface area contributed by atoms with E-state index in [1.54, 1.807) is 25.1 Å². The molecule has 4 nitrogen and oxygen atoms in total. The van der Waals surface area contributed by atoms with E-state index in [4.69, 9.17) is 11.2 Å². The Labute approximate surface area is 100.0 Å². The zero-order chi connectivity index (χ0) is 12.7. The average molecular weight is 231 g/mol. The van der Waals surface area contributed by atoms with Gasteiger partial charge in [-0.05, 0) is 25.1 Å². The molecule has 0 aliphatic carbocycles. The Kier molecular flexibility index (Phi) is 4.77. The summed E-state index contributed by atoms with van der Waals surface area (Å²) in [6, 6.07) is 6.30. The molecule has 1 amide bonds. The lowest BCUT2D eigenvalue weighted by Crippen LogP contribution is -2.23. The summed E-state index contributed by atoms with van der Waals surface area (Å²) in [4.78, 5) is 23.0. The van der Waals surface area contributed by atoms with Gasteiger partial charge in [0.25, 0.3) is 5.91 Å². The fraction of sp³-hybridized carbons (Fsp3) is 0.231. The van der Waals surface area contributed by atoms with Crippen LogP contribution in [0.25, 0.3) is 0 Å². The molecule has 0 spiro atoms. The van der Waals surface area contributed by atoms with E-state index in [2.05, 4.69) is 11.2 Å². The van der Waals surface area contributed by atoms with Gasteiger partial charge in [0, 0.05) is 5.56 Å². The van der Waals surface area contributed by atoms with Crippen molar-refractivity contribution < 1.29 is 14.3 Å². The van der Waals surface area contributed by atoms with E-state index >= 15 is 0 Å². The lowest BCUT2D eigenvalue weighted by molar-refractivity contribution is 0.0526. The summed E-state index contributed by atoms with van der Waals surface area (Å²) in [5, 5.41) is 2.52. The highest BCUT2D eigenvalue weighted by Gasteiger charge is 2.10. The predicted octanol–water partition coefficient (Wildman–Crippen LogP) is 1.23. The molecule has 0 fully saturated rings. The summed E-state index contributed by atoms with van der Waals surface area (Å²) >= 11 is 0. The smallest absolute Gasteiger partial charge is 0.338 e. The second kappa shape index (κ2) is 6.33. The summed E-state index contributed by atoms with van der Waals surface area (Å²) in [5.41, 5.74) is 0.728. The number of ether oxygens (including phenoxy) is 1. The first kappa shape index (κ1) is 12.8. The Bertz CT molecular complexity index is 460. The first-order valence-electron chi connectivity index (χ1n) is 5.18. The number of terminal acetylenes is 1. The maximum Gasteiger partial charge on any atom is 0.338 e. The molecule has 1 N–H and O–H groups in total. The van der Waals surface area contributed by atoms with Gasteiger partial charge in [-0.3, -0.25) is 4.79 Å². The Hall–Kier alpha value is -2.28. The van der Waals surface area contributed by atoms with Crippen molar-refractivity contribution in [3.05, 3.63) is 35.4 Å². The van der Waals surface area contributed by atoms with E-state index in [9.17, 15) is 9.59 Å². The third-order valence-corrected chi connectivity index (χ3v) is 1.99. The van der Waals surface area contributed by atoms with Gasteiger partial charge < -0.3 is 10.1 Å². The molecule has 1 aromatic carbocycles. The van der Waals surface area contributed by atoms with Gasteiger partial charge in [0.15, 0.2) is 0 Å². The maximum atomic E-state index is 11.6. The van der Waals surface area contributed by atoms with Crippen LogP contribution in [0.2, 0.25) is 0 Å². The van der Waals surface area contributed by atoms with Crippen LogP contribution in [-0.4, -0.2) is 25.0 Å². The van der Waals surface area contributed by atoms with Crippen molar-refractivity contribution in [3.8, 4) is 12.3 Å². The maximum absolute atomic E-state index is 11.6. The highest BCUT2D eigenvalue weighted by Crippen LogP contribution is 2.06. The van der Waals surface area contributed by atoms with Gasteiger partial charge in [0.1, 0.15) is 0 Å². The van der Waals surface area contributed by atoms with Crippen LogP contribution >= 0.6 is 0 Å². The second-order valence-electron chi connectivity index (χ2n) is 3.19. The molecule has 0 bridgehead atoms. The normalized spacial score (nSPS) is 9.18. The van der Waals surface area contributed by atoms with Crippen LogP contribution in [-0.2, 0) is 4.74 Å². The third kappa shape index (κ3) is 3.65. The summed E-state index contributed by atoms with van der Waals surface area (Å²) in [6.45, 7) is 2.18. The van der Waals surface area contributed by atoms with Crippen molar-refractivity contribution >= 4 is 11.9 Å². The van der Waals surface area contributed by atoms with Crippen LogP contribution < -0.4 is 5.32 Å². The number of hydrogen-bond donors (Lipinski definition) is 1. The van der Waals surface area contributed by atoms with E-state index in [1.165, 1.54) is 6.07 Å². The van der Waals surface area contributed by atoms with Crippen LogP contribution in [0.3, 0.4) is 0 Å². The Morgan fingerprint density at radius 3 is 2.76 bits per heavy atom. The minimum Gasteiger partial charge on any atom is -0.462 e. The van der Waals surface area contributed by atoms with E-state index in [-0.39, 0.29) is 12.5 Å². The summed E-state index contributed by atoms with van der Waals surface area (Å²) in [7, 11) is 0. The minimum atomic E-state index is -0.445. The van der Waals surface area contributed by atoms with Gasteiger partial charge in [-0.1, -0.05) is 12.0 Å². The van der Waals surface area contributed by atoms with Crippen LogP contribution in [0.4, 0.5) is 0 Å². The van der Waals surface area contributed by atoms with Crippen molar-refractivity contribution in [1.82, 2.24) is 5.32 Å². The van der Waals surface area contributed by atoms with E-state index in [1.807, 2.05) is 0 Å². The Morgan fingerprint density at radius 1 is 1.41 bits per heavy atom. The van der Waals surface area contributed by atoms with Gasteiger partial charge >= 0.3 is 5.97 Å². The fourth-order valence-corrected chi connectivity index (χ4v) is 1.24. The van der Waals surface area contributed by atoms with Gasteiger partial charge in [-0.2, -0.15) is 0 Å². The van der Waals surface area contributed by atoms with Gasteiger partial charge in [0.2, 0.25) is 0 Å². The quantitative estimate of drug-likeness (QED) is 0.626. The molecule has 4 heteroatoms. The molecule has 0 aromatic heterocycles. The van der Waals surface area contributed by atoms with Crippen LogP contribution in [0.1, 0.15) is 27.6 Å². The lowest BCUT2D eigenvalue weighted by atomic mass is 10.1. The molecule has 17 heavy (non-hydrogen) atoms. The number of esters is 1. The molecular weight excluding hydrogens is 218 g/mol. The molecule has 0 atom stereocenters. The van der Waals surface area contributed by atoms with Gasteiger partial charge in [-0.25, -0.2) is 4.79 Å². The number of carbonyl (C=O) groups excluding carboxylic acids is 2. The predicted molar refractivity (Wildman–Crippen MR) is 63.6 cm³/mol. The third-order valence-electron chi connectivity index (χ3n) is 1.99. The largest absolute Gasteiger partial charge is 0.462 e. The summed E-state index contributed by atoms with van der Waals surface area (Å²) in [5.74, 6) is 1.55. The van der Waals surface area contributed by atoms with Crippen LogP contribution in [0.15, 0.2) is 24.3 Å². The number of rotatable bonds is 4. The lowest BCUT2D eigenvalue weighted by Gasteiger charge is -2.04. The molecular formula is C13H13NO3. The summed E-state index contributed by atoms with van der Waals surface area (Å²) in [6.07, 6.45) is 5.03. The molecule has 0 radical (unpaired) electrons. The Balaban J connectivity index is 2.82. The van der Waals surface area contributed by atoms with Crippen molar-refractivity contribution in [3.63, 3.8) is 0 Å². The molecule has 1 aromatic rings. The van der Waals surface area contributed by atoms with Gasteiger partial charge in [0.05, 0.1) is 18.7 Å². The number of hydrogen-bond acceptors (Lipinski definition) is 3. The topological polar surface area (TPSA) is 55.4 Å². The van der Waals surface area contributed by atoms with Gasteiger partial charge in [-0.15, -0.1) is 6.42 Å². The molecule has 0 aliphatic rings. The molecule has 0 aliphatic heterocycles. The zero-order valence-corrected chi connectivity index (χ0v) is 9.53. The zero-order valence-electron chi connectivity index (χ0n) is 9.53. The average Bonchev–Trinajstić information content (AvgIpc) is 2.36. The first-order valence-corrected chi connectivity index (χ1v) is 5.18. The monoisotopic (exact) mass is 231 g/mol. The van der Waals surface area contributed by atoms with Crippen molar-refractivity contribution in [1.29, 1.82) is 0 Å². The molecule has 88 valence electrons. The molecule has 0 unspecified atom stereocenters. The van der Waals surface area contributed by atoms with E-state index < -0.39 is 5.97 Å². The van der Waals surface area contributed by atoms with Crippen LogP contribution in [0, 0.1) is 12.3 Å². The number of benzene rings is 1. The van der Waals surface area contributed by atoms with Crippen molar-refractivity contribution in [2.75, 3.05) is 13.2 Å². The summed E-state index contributed by atoms with van der Waals surface area (Å²) < 4.78 is 4.84. The fourth-order valence-electron chi connectivity index (χ4n) is 1.24. The van der Waals surface area contributed by atoms with E-state index in [0.717, 1.165) is 0 Å².